The highest BCUT2D eigenvalue weighted by Crippen LogP contribution is 2.21. The van der Waals surface area contributed by atoms with Gasteiger partial charge in [-0.1, -0.05) is 19.3 Å². The van der Waals surface area contributed by atoms with Gasteiger partial charge in [-0.15, -0.1) is 10.2 Å². The Hall–Kier alpha value is -1.99. The van der Waals surface area contributed by atoms with Crippen LogP contribution in [0.1, 0.15) is 42.7 Å². The van der Waals surface area contributed by atoms with Gasteiger partial charge in [-0.3, -0.25) is 9.59 Å². The van der Waals surface area contributed by atoms with Crippen LogP contribution in [0, 0.1) is 0 Å². The minimum atomic E-state index is -0.413. The first kappa shape index (κ1) is 14.4. The number of nitrogens with one attached hydrogen (secondary N) is 1. The Morgan fingerprint density at radius 3 is 2.55 bits per heavy atom. The van der Waals surface area contributed by atoms with E-state index in [9.17, 15) is 9.59 Å². The Balaban J connectivity index is 1.88. The fourth-order valence-electron chi connectivity index (χ4n) is 2.48. The normalized spacial score (nSPS) is 15.9. The van der Waals surface area contributed by atoms with Gasteiger partial charge in [0.2, 0.25) is 5.91 Å². The lowest BCUT2D eigenvalue weighted by atomic mass is 9.94. The number of tetrazole rings is 1. The summed E-state index contributed by atoms with van der Waals surface area (Å²) in [7, 11) is 3.37. The highest BCUT2D eigenvalue weighted by molar-refractivity contribution is 5.93. The molecule has 1 fully saturated rings. The molecule has 20 heavy (non-hydrogen) atoms. The summed E-state index contributed by atoms with van der Waals surface area (Å²) in [5, 5.41) is 12.8. The molecule has 0 bridgehead atoms. The van der Waals surface area contributed by atoms with E-state index in [0.29, 0.717) is 6.04 Å². The molecular formula is C12H20N6O2. The van der Waals surface area contributed by atoms with Crippen molar-refractivity contribution in [3.8, 4) is 0 Å². The van der Waals surface area contributed by atoms with E-state index >= 15 is 0 Å². The van der Waals surface area contributed by atoms with Crippen LogP contribution in [0.4, 0.5) is 0 Å². The molecule has 0 radical (unpaired) electrons. The second-order valence-corrected chi connectivity index (χ2v) is 5.19. The molecule has 1 aromatic rings. The Bertz CT molecular complexity index is 455. The third-order valence-corrected chi connectivity index (χ3v) is 3.77. The van der Waals surface area contributed by atoms with E-state index in [1.807, 2.05) is 7.05 Å². The number of H-pyrrole nitrogens is 1. The summed E-state index contributed by atoms with van der Waals surface area (Å²) in [6.07, 6.45) is 5.67. The summed E-state index contributed by atoms with van der Waals surface area (Å²) in [5.74, 6) is -0.499. The highest BCUT2D eigenvalue weighted by atomic mass is 16.2. The summed E-state index contributed by atoms with van der Waals surface area (Å²) in [6, 6.07) is 0.296. The van der Waals surface area contributed by atoms with Crippen LogP contribution in [-0.4, -0.2) is 68.9 Å². The van der Waals surface area contributed by atoms with Gasteiger partial charge in [0.05, 0.1) is 6.54 Å². The van der Waals surface area contributed by atoms with E-state index in [2.05, 4.69) is 20.6 Å². The predicted octanol–water partition coefficient (Wildman–Crippen LogP) is 0.0628. The maximum absolute atomic E-state index is 12.2. The van der Waals surface area contributed by atoms with Crippen LogP contribution in [0.3, 0.4) is 0 Å². The molecular weight excluding hydrogens is 260 g/mol. The molecule has 2 rings (SSSR count). The van der Waals surface area contributed by atoms with Gasteiger partial charge in [0, 0.05) is 20.1 Å². The molecule has 1 heterocycles. The third-order valence-electron chi connectivity index (χ3n) is 3.77. The van der Waals surface area contributed by atoms with Crippen molar-refractivity contribution in [2.24, 2.45) is 0 Å². The first-order valence-corrected chi connectivity index (χ1v) is 6.84. The average Bonchev–Trinajstić information content (AvgIpc) is 3.00. The molecule has 1 aliphatic rings. The van der Waals surface area contributed by atoms with Crippen molar-refractivity contribution in [2.45, 2.75) is 38.1 Å². The molecule has 1 aliphatic carbocycles. The molecule has 0 atom stereocenters. The van der Waals surface area contributed by atoms with Gasteiger partial charge >= 0.3 is 0 Å². The smallest absolute Gasteiger partial charge is 0.295 e. The van der Waals surface area contributed by atoms with Gasteiger partial charge in [0.25, 0.3) is 11.7 Å². The van der Waals surface area contributed by atoms with E-state index in [1.54, 1.807) is 11.9 Å². The molecule has 110 valence electrons. The van der Waals surface area contributed by atoms with Crippen LogP contribution >= 0.6 is 0 Å². The number of nitrogens with zero attached hydrogens (tertiary/aromatic N) is 5. The molecule has 2 amide bonds. The SMILES string of the molecule is CN(CC(=O)N(C)C1CCCCC1)C(=O)c1nn[nH]n1. The minimum absolute atomic E-state index is 0.0272. The maximum Gasteiger partial charge on any atom is 0.295 e. The number of rotatable bonds is 4. The van der Waals surface area contributed by atoms with Gasteiger partial charge in [-0.25, -0.2) is 0 Å². The molecule has 1 aromatic heterocycles. The zero-order valence-corrected chi connectivity index (χ0v) is 11.9. The first-order valence-electron chi connectivity index (χ1n) is 6.84. The van der Waals surface area contributed by atoms with Gasteiger partial charge in [-0.2, -0.15) is 5.21 Å². The number of likely N-dealkylation sites (N-methyl/N-ethyl adjacent to an activating group) is 2. The number of amides is 2. The quantitative estimate of drug-likeness (QED) is 0.841. The van der Waals surface area contributed by atoms with Crippen LogP contribution in [0.2, 0.25) is 0 Å². The van der Waals surface area contributed by atoms with Crippen LogP contribution < -0.4 is 0 Å². The van der Waals surface area contributed by atoms with Crippen molar-refractivity contribution < 1.29 is 9.59 Å². The maximum atomic E-state index is 12.2. The molecule has 0 unspecified atom stereocenters. The van der Waals surface area contributed by atoms with Crippen LogP contribution in [0.25, 0.3) is 0 Å². The number of hydrogen-bond donors (Lipinski definition) is 1. The van der Waals surface area contributed by atoms with E-state index in [-0.39, 0.29) is 18.3 Å². The molecule has 0 saturated heterocycles. The lowest BCUT2D eigenvalue weighted by molar-refractivity contribution is -0.133. The van der Waals surface area contributed by atoms with Crippen molar-refractivity contribution in [3.05, 3.63) is 5.82 Å². The van der Waals surface area contributed by atoms with Crippen molar-refractivity contribution in [3.63, 3.8) is 0 Å². The monoisotopic (exact) mass is 280 g/mol. The summed E-state index contributed by atoms with van der Waals surface area (Å²) >= 11 is 0. The van der Waals surface area contributed by atoms with E-state index in [4.69, 9.17) is 0 Å². The zero-order valence-electron chi connectivity index (χ0n) is 11.9. The number of aromatic nitrogens is 4. The Labute approximate surface area is 117 Å². The van der Waals surface area contributed by atoms with Gasteiger partial charge in [0.15, 0.2) is 0 Å². The lowest BCUT2D eigenvalue weighted by Gasteiger charge is -2.32. The lowest BCUT2D eigenvalue weighted by Crippen LogP contribution is -2.44. The fraction of sp³-hybridized carbons (Fsp3) is 0.750. The minimum Gasteiger partial charge on any atom is -0.341 e. The van der Waals surface area contributed by atoms with Crippen molar-refractivity contribution >= 4 is 11.8 Å². The van der Waals surface area contributed by atoms with Gasteiger partial charge < -0.3 is 9.80 Å². The third kappa shape index (κ3) is 3.31. The van der Waals surface area contributed by atoms with Gasteiger partial charge in [0.1, 0.15) is 0 Å². The van der Waals surface area contributed by atoms with Crippen LogP contribution in [-0.2, 0) is 4.79 Å². The second kappa shape index (κ2) is 6.44. The summed E-state index contributed by atoms with van der Waals surface area (Å²) in [6.45, 7) is 0.0281. The summed E-state index contributed by atoms with van der Waals surface area (Å²) in [5.41, 5.74) is 0. The van der Waals surface area contributed by atoms with E-state index in [1.165, 1.54) is 24.2 Å². The topological polar surface area (TPSA) is 95.1 Å². The van der Waals surface area contributed by atoms with Gasteiger partial charge in [-0.05, 0) is 18.1 Å². The second-order valence-electron chi connectivity index (χ2n) is 5.19. The molecule has 0 aromatic carbocycles. The molecule has 0 spiro atoms. The van der Waals surface area contributed by atoms with Crippen LogP contribution in [0.15, 0.2) is 0 Å². The van der Waals surface area contributed by atoms with Crippen molar-refractivity contribution in [1.29, 1.82) is 0 Å². The summed E-state index contributed by atoms with van der Waals surface area (Å²) < 4.78 is 0. The molecule has 8 heteroatoms. The number of carbonyl (C=O) groups excluding carboxylic acids is 2. The number of aromatic amines is 1. The van der Waals surface area contributed by atoms with Crippen LogP contribution in [0.5, 0.6) is 0 Å². The number of hydrogen-bond acceptors (Lipinski definition) is 5. The average molecular weight is 280 g/mol. The summed E-state index contributed by atoms with van der Waals surface area (Å²) in [4.78, 5) is 27.2. The molecule has 8 nitrogen and oxygen atoms in total. The highest BCUT2D eigenvalue weighted by Gasteiger charge is 2.25. The molecule has 1 saturated carbocycles. The fourth-order valence-corrected chi connectivity index (χ4v) is 2.48. The predicted molar refractivity (Wildman–Crippen MR) is 70.8 cm³/mol. The Kier molecular flexibility index (Phi) is 4.65. The largest absolute Gasteiger partial charge is 0.341 e. The van der Waals surface area contributed by atoms with Crippen molar-refractivity contribution in [2.75, 3.05) is 20.6 Å². The molecule has 0 aliphatic heterocycles. The standard InChI is InChI=1S/C12H20N6O2/c1-17(12(20)11-13-15-16-14-11)8-10(19)18(2)9-6-4-3-5-7-9/h9H,3-8H2,1-2H3,(H,13,14,15,16). The Morgan fingerprint density at radius 2 is 1.95 bits per heavy atom. The van der Waals surface area contributed by atoms with Crippen molar-refractivity contribution in [1.82, 2.24) is 30.4 Å². The first-order chi connectivity index (χ1) is 9.59. The molecule has 1 N–H and O–H groups in total. The van der Waals surface area contributed by atoms with E-state index in [0.717, 1.165) is 12.8 Å². The zero-order chi connectivity index (χ0) is 14.5. The Morgan fingerprint density at radius 1 is 1.25 bits per heavy atom. The number of carbonyl (C=O) groups is 2. The van der Waals surface area contributed by atoms with E-state index < -0.39 is 5.91 Å².